The molecule has 122 valence electrons. The van der Waals surface area contributed by atoms with Gasteiger partial charge in [0.1, 0.15) is 0 Å². The van der Waals surface area contributed by atoms with E-state index in [0.717, 1.165) is 31.2 Å². The molecule has 0 saturated heterocycles. The maximum absolute atomic E-state index is 11.9. The lowest BCUT2D eigenvalue weighted by atomic mass is 9.93. The van der Waals surface area contributed by atoms with Crippen LogP contribution in [0.4, 0.5) is 4.79 Å². The van der Waals surface area contributed by atoms with Gasteiger partial charge < -0.3 is 20.5 Å². The summed E-state index contributed by atoms with van der Waals surface area (Å²) in [5, 5.41) is 15.9. The zero-order valence-corrected chi connectivity index (χ0v) is 13.5. The summed E-state index contributed by atoms with van der Waals surface area (Å²) in [7, 11) is 1.61. The first kappa shape index (κ1) is 17.1. The molecule has 0 aromatic heterocycles. The molecular formula is C16H23ClN2O3. The van der Waals surface area contributed by atoms with Gasteiger partial charge in [0.2, 0.25) is 0 Å². The number of hydrogen-bond donors (Lipinski definition) is 3. The predicted molar refractivity (Wildman–Crippen MR) is 86.0 cm³/mol. The molecule has 0 bridgehead atoms. The van der Waals surface area contributed by atoms with Crippen LogP contribution in [0.15, 0.2) is 24.3 Å². The number of urea groups is 1. The number of hydrogen-bond acceptors (Lipinski definition) is 3. The second-order valence-corrected chi connectivity index (χ2v) is 6.07. The average molecular weight is 327 g/mol. The van der Waals surface area contributed by atoms with E-state index in [0.29, 0.717) is 11.6 Å². The third-order valence-electron chi connectivity index (χ3n) is 4.01. The molecule has 3 N–H and O–H groups in total. The second-order valence-electron chi connectivity index (χ2n) is 5.64. The van der Waals surface area contributed by atoms with E-state index in [1.165, 1.54) is 0 Å². The molecule has 1 saturated carbocycles. The van der Waals surface area contributed by atoms with Crippen molar-refractivity contribution >= 4 is 17.6 Å². The monoisotopic (exact) mass is 326 g/mol. The third-order valence-corrected chi connectivity index (χ3v) is 4.26. The number of amides is 2. The summed E-state index contributed by atoms with van der Waals surface area (Å²) in [6.07, 6.45) is 2.70. The van der Waals surface area contributed by atoms with Gasteiger partial charge in [-0.05, 0) is 43.4 Å². The summed E-state index contributed by atoms with van der Waals surface area (Å²) in [5.74, 6) is 0. The highest BCUT2D eigenvalue weighted by atomic mass is 35.5. The van der Waals surface area contributed by atoms with Gasteiger partial charge in [-0.1, -0.05) is 23.7 Å². The summed E-state index contributed by atoms with van der Waals surface area (Å²) in [5.41, 5.74) is 0.966. The van der Waals surface area contributed by atoms with Crippen LogP contribution in [-0.2, 0) is 4.74 Å². The van der Waals surface area contributed by atoms with Gasteiger partial charge in [-0.2, -0.15) is 0 Å². The number of nitrogens with one attached hydrogen (secondary N) is 2. The Hall–Kier alpha value is -1.30. The number of aliphatic hydroxyl groups is 1. The van der Waals surface area contributed by atoms with Gasteiger partial charge in [-0.3, -0.25) is 0 Å². The first-order valence-electron chi connectivity index (χ1n) is 7.59. The van der Waals surface area contributed by atoms with Crippen molar-refractivity contribution in [2.75, 3.05) is 13.7 Å². The molecule has 1 atom stereocenters. The molecule has 22 heavy (non-hydrogen) atoms. The molecule has 0 radical (unpaired) electrons. The van der Waals surface area contributed by atoms with E-state index in [4.69, 9.17) is 16.3 Å². The minimum atomic E-state index is -0.219. The van der Waals surface area contributed by atoms with E-state index in [-0.39, 0.29) is 24.3 Å². The molecule has 1 aliphatic carbocycles. The van der Waals surface area contributed by atoms with Crippen LogP contribution in [0.3, 0.4) is 0 Å². The standard InChI is InChI=1S/C16H23ClN2O3/c1-22-15(11-2-4-12(17)5-3-11)10-18-16(21)19-13-6-8-14(20)9-7-13/h2-5,13-15,20H,6-10H2,1H3,(H2,18,19,21). The van der Waals surface area contributed by atoms with Crippen molar-refractivity contribution in [3.63, 3.8) is 0 Å². The van der Waals surface area contributed by atoms with Crippen molar-refractivity contribution in [3.05, 3.63) is 34.9 Å². The second kappa shape index (κ2) is 8.36. The van der Waals surface area contributed by atoms with E-state index in [1.54, 1.807) is 19.2 Å². The van der Waals surface area contributed by atoms with Crippen molar-refractivity contribution in [3.8, 4) is 0 Å². The fraction of sp³-hybridized carbons (Fsp3) is 0.562. The number of methoxy groups -OCH3 is 1. The lowest BCUT2D eigenvalue weighted by Gasteiger charge is -2.26. The number of halogens is 1. The number of benzene rings is 1. The highest BCUT2D eigenvalue weighted by molar-refractivity contribution is 6.30. The first-order chi connectivity index (χ1) is 10.6. The minimum absolute atomic E-state index is 0.139. The zero-order chi connectivity index (χ0) is 15.9. The minimum Gasteiger partial charge on any atom is -0.393 e. The van der Waals surface area contributed by atoms with Crippen LogP contribution < -0.4 is 10.6 Å². The first-order valence-corrected chi connectivity index (χ1v) is 7.97. The van der Waals surface area contributed by atoms with Crippen molar-refractivity contribution in [2.24, 2.45) is 0 Å². The largest absolute Gasteiger partial charge is 0.393 e. The van der Waals surface area contributed by atoms with Gasteiger partial charge in [0, 0.05) is 24.7 Å². The summed E-state index contributed by atoms with van der Waals surface area (Å²) >= 11 is 5.87. The van der Waals surface area contributed by atoms with Crippen LogP contribution in [0.25, 0.3) is 0 Å². The van der Waals surface area contributed by atoms with Gasteiger partial charge in [0.05, 0.1) is 12.2 Å². The Morgan fingerprint density at radius 3 is 2.55 bits per heavy atom. The Balaban J connectivity index is 1.77. The fourth-order valence-corrected chi connectivity index (χ4v) is 2.78. The summed E-state index contributed by atoms with van der Waals surface area (Å²) in [6, 6.07) is 7.32. The Morgan fingerprint density at radius 1 is 1.32 bits per heavy atom. The van der Waals surface area contributed by atoms with E-state index in [1.807, 2.05) is 12.1 Å². The topological polar surface area (TPSA) is 70.6 Å². The lowest BCUT2D eigenvalue weighted by Crippen LogP contribution is -2.45. The van der Waals surface area contributed by atoms with Gasteiger partial charge in [-0.25, -0.2) is 4.79 Å². The van der Waals surface area contributed by atoms with E-state index < -0.39 is 0 Å². The number of carbonyl (C=O) groups is 1. The van der Waals surface area contributed by atoms with E-state index >= 15 is 0 Å². The summed E-state index contributed by atoms with van der Waals surface area (Å²) < 4.78 is 5.41. The van der Waals surface area contributed by atoms with Crippen molar-refractivity contribution in [1.82, 2.24) is 10.6 Å². The fourth-order valence-electron chi connectivity index (χ4n) is 2.66. The molecule has 0 heterocycles. The Bertz CT molecular complexity index is 473. The molecule has 1 aliphatic rings. The van der Waals surface area contributed by atoms with Gasteiger partial charge >= 0.3 is 6.03 Å². The molecule has 0 spiro atoms. The lowest BCUT2D eigenvalue weighted by molar-refractivity contribution is 0.102. The SMILES string of the molecule is COC(CNC(=O)NC1CCC(O)CC1)c1ccc(Cl)cc1. The Labute approximate surface area is 136 Å². The van der Waals surface area contributed by atoms with E-state index in [9.17, 15) is 9.90 Å². The molecule has 5 nitrogen and oxygen atoms in total. The molecule has 1 aromatic carbocycles. The highest BCUT2D eigenvalue weighted by Gasteiger charge is 2.21. The molecule has 0 aliphatic heterocycles. The Morgan fingerprint density at radius 2 is 1.95 bits per heavy atom. The number of carbonyl (C=O) groups excluding carboxylic acids is 1. The van der Waals surface area contributed by atoms with Gasteiger partial charge in [0.15, 0.2) is 0 Å². The van der Waals surface area contributed by atoms with Crippen LogP contribution >= 0.6 is 11.6 Å². The highest BCUT2D eigenvalue weighted by Crippen LogP contribution is 2.19. The number of rotatable bonds is 5. The van der Waals surface area contributed by atoms with Crippen molar-refractivity contribution < 1.29 is 14.6 Å². The maximum atomic E-state index is 11.9. The normalized spacial score (nSPS) is 22.9. The molecule has 1 fully saturated rings. The van der Waals surface area contributed by atoms with Crippen LogP contribution in [-0.4, -0.2) is 36.9 Å². The van der Waals surface area contributed by atoms with Crippen molar-refractivity contribution in [1.29, 1.82) is 0 Å². The molecule has 2 amide bonds. The summed E-state index contributed by atoms with van der Waals surface area (Å²) in [4.78, 5) is 11.9. The maximum Gasteiger partial charge on any atom is 0.315 e. The number of aliphatic hydroxyl groups excluding tert-OH is 1. The number of ether oxygens (including phenoxy) is 1. The molecule has 1 unspecified atom stereocenters. The van der Waals surface area contributed by atoms with Crippen LogP contribution in [0.5, 0.6) is 0 Å². The molecule has 1 aromatic rings. The van der Waals surface area contributed by atoms with Gasteiger partial charge in [0.25, 0.3) is 0 Å². The van der Waals surface area contributed by atoms with E-state index in [2.05, 4.69) is 10.6 Å². The predicted octanol–water partition coefficient (Wildman–Crippen LogP) is 2.63. The quantitative estimate of drug-likeness (QED) is 0.779. The van der Waals surface area contributed by atoms with Crippen LogP contribution in [0.1, 0.15) is 37.4 Å². The third kappa shape index (κ3) is 5.16. The van der Waals surface area contributed by atoms with Crippen molar-refractivity contribution in [2.45, 2.75) is 43.9 Å². The molecule has 6 heteroatoms. The zero-order valence-electron chi connectivity index (χ0n) is 12.7. The smallest absolute Gasteiger partial charge is 0.315 e. The van der Waals surface area contributed by atoms with Crippen LogP contribution in [0, 0.1) is 0 Å². The molecule has 2 rings (SSSR count). The van der Waals surface area contributed by atoms with Crippen LogP contribution in [0.2, 0.25) is 5.02 Å². The summed E-state index contributed by atoms with van der Waals surface area (Å²) in [6.45, 7) is 0.388. The Kier molecular flexibility index (Phi) is 6.49. The average Bonchev–Trinajstić information content (AvgIpc) is 2.52. The van der Waals surface area contributed by atoms with Gasteiger partial charge in [-0.15, -0.1) is 0 Å². The molecular weight excluding hydrogens is 304 g/mol.